The highest BCUT2D eigenvalue weighted by Gasteiger charge is 2.65. The molecule has 4 saturated carbocycles. The number of carbonyl (C=O) groups excluding carboxylic acids is 1. The zero-order valence-corrected chi connectivity index (χ0v) is 18.0. The van der Waals surface area contributed by atoms with Crippen molar-refractivity contribution in [3.63, 3.8) is 0 Å². The number of carboxylic acids is 1. The maximum absolute atomic E-state index is 13.8. The number of hydrogen-bond donors (Lipinski definition) is 2. The maximum atomic E-state index is 13.8. The summed E-state index contributed by atoms with van der Waals surface area (Å²) in [6.45, 7) is 8.70. The number of Topliss-reactive ketones (excluding diaryl/α,β-unsaturated/α-hetero) is 1. The lowest BCUT2D eigenvalue weighted by Crippen LogP contribution is -2.60. The number of hydrogen-bond acceptors (Lipinski definition) is 3. The van der Waals surface area contributed by atoms with E-state index in [1.54, 1.807) is 0 Å². The number of fused-ring (bicyclic) bond motifs is 5. The maximum Gasteiger partial charge on any atom is 0.306 e. The Labute approximate surface area is 169 Å². The summed E-state index contributed by atoms with van der Waals surface area (Å²) in [6, 6.07) is 0. The van der Waals surface area contributed by atoms with Gasteiger partial charge >= 0.3 is 5.97 Å². The molecule has 0 aliphatic heterocycles. The van der Waals surface area contributed by atoms with Crippen LogP contribution in [0, 0.1) is 52.3 Å². The molecule has 0 bridgehead atoms. The summed E-state index contributed by atoms with van der Waals surface area (Å²) in [5.41, 5.74) is 0.126. The van der Waals surface area contributed by atoms with Gasteiger partial charge in [-0.15, -0.1) is 0 Å². The molecule has 4 heteroatoms. The van der Waals surface area contributed by atoms with Gasteiger partial charge in [0.25, 0.3) is 0 Å². The number of aliphatic carboxylic acids is 1. The zero-order valence-electron chi connectivity index (χ0n) is 18.0. The molecule has 4 aliphatic carbocycles. The topological polar surface area (TPSA) is 74.6 Å². The van der Waals surface area contributed by atoms with Crippen molar-refractivity contribution in [1.29, 1.82) is 0 Å². The lowest BCUT2D eigenvalue weighted by atomic mass is 9.42. The van der Waals surface area contributed by atoms with Crippen LogP contribution >= 0.6 is 0 Å². The largest absolute Gasteiger partial charge is 0.481 e. The van der Waals surface area contributed by atoms with Gasteiger partial charge in [-0.25, -0.2) is 0 Å². The van der Waals surface area contributed by atoms with Crippen LogP contribution in [0.4, 0.5) is 0 Å². The lowest BCUT2D eigenvalue weighted by Gasteiger charge is -2.62. The van der Waals surface area contributed by atoms with Gasteiger partial charge in [0, 0.05) is 11.8 Å². The quantitative estimate of drug-likeness (QED) is 0.742. The van der Waals surface area contributed by atoms with Crippen molar-refractivity contribution >= 4 is 11.8 Å². The second-order valence-corrected chi connectivity index (χ2v) is 11.1. The minimum atomic E-state index is -0.691. The fraction of sp³-hybridized carbons (Fsp3) is 0.917. The van der Waals surface area contributed by atoms with Crippen LogP contribution in [0.25, 0.3) is 0 Å². The SMILES string of the molecule is CC[C@H]1C(=O)[C@H]2[C@@H]3CCC([C@H](C)C(=O)O)C3(C)CC[C@@H]2C2(C)CC[C@@H](O)CC12. The number of carbonyl (C=O) groups is 2. The summed E-state index contributed by atoms with van der Waals surface area (Å²) in [4.78, 5) is 25.5. The van der Waals surface area contributed by atoms with Crippen molar-refractivity contribution in [2.24, 2.45) is 52.3 Å². The molecule has 0 spiro atoms. The molecule has 0 aromatic carbocycles. The smallest absolute Gasteiger partial charge is 0.306 e. The van der Waals surface area contributed by atoms with Gasteiger partial charge in [-0.05, 0) is 85.9 Å². The van der Waals surface area contributed by atoms with E-state index in [4.69, 9.17) is 0 Å². The molecule has 10 atom stereocenters. The summed E-state index contributed by atoms with van der Waals surface area (Å²) in [5.74, 6) is 0.844. The van der Waals surface area contributed by atoms with Crippen LogP contribution in [0.2, 0.25) is 0 Å². The van der Waals surface area contributed by atoms with E-state index in [0.717, 1.165) is 51.4 Å². The van der Waals surface area contributed by atoms with Crippen LogP contribution in [0.3, 0.4) is 0 Å². The fourth-order valence-electron chi connectivity index (χ4n) is 8.67. The van der Waals surface area contributed by atoms with Crippen LogP contribution in [-0.2, 0) is 9.59 Å². The molecule has 0 aromatic rings. The Morgan fingerprint density at radius 1 is 1.07 bits per heavy atom. The van der Waals surface area contributed by atoms with Gasteiger partial charge in [0.2, 0.25) is 0 Å². The molecule has 0 saturated heterocycles. The lowest BCUT2D eigenvalue weighted by molar-refractivity contribution is -0.174. The number of ketones is 1. The molecular weight excluding hydrogens is 352 g/mol. The summed E-state index contributed by atoms with van der Waals surface area (Å²) >= 11 is 0. The monoisotopic (exact) mass is 390 g/mol. The van der Waals surface area contributed by atoms with Gasteiger partial charge in [0.05, 0.1) is 12.0 Å². The molecule has 0 heterocycles. The Morgan fingerprint density at radius 2 is 1.71 bits per heavy atom. The molecule has 4 rings (SSSR count). The van der Waals surface area contributed by atoms with Gasteiger partial charge in [0.1, 0.15) is 5.78 Å². The molecule has 0 amide bonds. The highest BCUT2D eigenvalue weighted by Crippen LogP contribution is 2.68. The number of aliphatic hydroxyl groups excluding tert-OH is 1. The predicted octanol–water partition coefficient (Wildman–Crippen LogP) is 4.54. The van der Waals surface area contributed by atoms with E-state index in [9.17, 15) is 19.8 Å². The molecule has 158 valence electrons. The van der Waals surface area contributed by atoms with Gasteiger partial charge in [-0.2, -0.15) is 0 Å². The second-order valence-electron chi connectivity index (χ2n) is 11.1. The molecule has 4 fully saturated rings. The van der Waals surface area contributed by atoms with E-state index >= 15 is 0 Å². The van der Waals surface area contributed by atoms with E-state index in [-0.39, 0.29) is 40.6 Å². The van der Waals surface area contributed by atoms with Crippen molar-refractivity contribution in [1.82, 2.24) is 0 Å². The van der Waals surface area contributed by atoms with Crippen LogP contribution in [0.1, 0.15) is 79.1 Å². The molecule has 0 radical (unpaired) electrons. The van der Waals surface area contributed by atoms with Crippen molar-refractivity contribution in [3.8, 4) is 0 Å². The van der Waals surface area contributed by atoms with E-state index in [1.807, 2.05) is 6.92 Å². The average molecular weight is 391 g/mol. The first-order valence-electron chi connectivity index (χ1n) is 11.6. The number of carboxylic acid groups (broad SMARTS) is 1. The third-order valence-corrected chi connectivity index (χ3v) is 10.2. The van der Waals surface area contributed by atoms with E-state index in [0.29, 0.717) is 23.5 Å². The van der Waals surface area contributed by atoms with Crippen molar-refractivity contribution in [2.45, 2.75) is 85.2 Å². The second kappa shape index (κ2) is 6.82. The van der Waals surface area contributed by atoms with Crippen molar-refractivity contribution < 1.29 is 19.8 Å². The Balaban J connectivity index is 1.71. The predicted molar refractivity (Wildman–Crippen MR) is 108 cm³/mol. The molecule has 4 nitrogen and oxygen atoms in total. The average Bonchev–Trinajstić information content (AvgIpc) is 3.00. The Kier molecular flexibility index (Phi) is 4.96. The minimum absolute atomic E-state index is 0.0235. The van der Waals surface area contributed by atoms with E-state index in [1.165, 1.54) is 0 Å². The third-order valence-electron chi connectivity index (χ3n) is 10.2. The van der Waals surface area contributed by atoms with Crippen LogP contribution < -0.4 is 0 Å². The molecular formula is C24H38O4. The van der Waals surface area contributed by atoms with Crippen LogP contribution in [-0.4, -0.2) is 28.1 Å². The fourth-order valence-corrected chi connectivity index (χ4v) is 8.67. The summed E-state index contributed by atoms with van der Waals surface area (Å²) in [6.07, 6.45) is 7.34. The van der Waals surface area contributed by atoms with Gasteiger partial charge < -0.3 is 10.2 Å². The van der Waals surface area contributed by atoms with Gasteiger partial charge in [-0.3, -0.25) is 9.59 Å². The first kappa shape index (κ1) is 20.4. The third kappa shape index (κ3) is 2.66. The number of aliphatic hydroxyl groups is 1. The zero-order chi connectivity index (χ0) is 20.4. The summed E-state index contributed by atoms with van der Waals surface area (Å²) in [5, 5.41) is 20.0. The minimum Gasteiger partial charge on any atom is -0.481 e. The van der Waals surface area contributed by atoms with Crippen LogP contribution in [0.15, 0.2) is 0 Å². The number of rotatable bonds is 3. The highest BCUT2D eigenvalue weighted by molar-refractivity contribution is 5.86. The molecule has 4 unspecified atom stereocenters. The molecule has 28 heavy (non-hydrogen) atoms. The molecule has 2 N–H and O–H groups in total. The Morgan fingerprint density at radius 3 is 2.36 bits per heavy atom. The van der Waals surface area contributed by atoms with Crippen molar-refractivity contribution in [3.05, 3.63) is 0 Å². The highest BCUT2D eigenvalue weighted by atomic mass is 16.4. The summed E-state index contributed by atoms with van der Waals surface area (Å²) in [7, 11) is 0. The first-order valence-corrected chi connectivity index (χ1v) is 11.6. The first-order chi connectivity index (χ1) is 13.1. The van der Waals surface area contributed by atoms with Gasteiger partial charge in [-0.1, -0.05) is 27.7 Å². The molecule has 4 aliphatic rings. The van der Waals surface area contributed by atoms with Gasteiger partial charge in [0.15, 0.2) is 0 Å². The van der Waals surface area contributed by atoms with E-state index in [2.05, 4.69) is 20.8 Å². The molecule has 0 aromatic heterocycles. The summed E-state index contributed by atoms with van der Waals surface area (Å²) < 4.78 is 0. The normalized spacial score (nSPS) is 51.8. The van der Waals surface area contributed by atoms with E-state index < -0.39 is 5.97 Å². The van der Waals surface area contributed by atoms with Crippen LogP contribution in [0.5, 0.6) is 0 Å². The standard InChI is InChI=1S/C24H38O4/c1-5-15-19-12-14(25)8-10-24(19,4)18-9-11-23(3)16(13(2)22(27)28)6-7-17(23)20(18)21(15)26/h13-20,25H,5-12H2,1-4H3,(H,27,28)/t13-,14+,15+,16?,17-,18-,19?,20-,23?,24?/m0/s1. The Hall–Kier alpha value is -0.900. The Bertz CT molecular complexity index is 659. The van der Waals surface area contributed by atoms with Crippen molar-refractivity contribution in [2.75, 3.05) is 0 Å².